The molecule has 0 fully saturated rings. The molecule has 0 spiro atoms. The Hall–Kier alpha value is -2.04. The molecule has 1 aromatic heterocycles. The first-order chi connectivity index (χ1) is 8.26. The van der Waals surface area contributed by atoms with Crippen molar-refractivity contribution < 1.29 is 9.18 Å². The molecule has 88 valence electrons. The number of rotatable bonds is 4. The van der Waals surface area contributed by atoms with Crippen molar-refractivity contribution in [2.75, 3.05) is 0 Å². The van der Waals surface area contributed by atoms with Crippen LogP contribution in [0.1, 0.15) is 28.7 Å². The fourth-order valence-corrected chi connectivity index (χ4v) is 1.72. The van der Waals surface area contributed by atoms with Gasteiger partial charge in [0.15, 0.2) is 6.29 Å². The van der Waals surface area contributed by atoms with Crippen LogP contribution in [0, 0.1) is 5.82 Å². The van der Waals surface area contributed by atoms with Gasteiger partial charge in [0.2, 0.25) is 0 Å². The van der Waals surface area contributed by atoms with Crippen molar-refractivity contribution >= 4 is 6.29 Å². The molecule has 0 atom stereocenters. The van der Waals surface area contributed by atoms with E-state index in [4.69, 9.17) is 0 Å². The summed E-state index contributed by atoms with van der Waals surface area (Å²) in [7, 11) is 0. The van der Waals surface area contributed by atoms with E-state index < -0.39 is 0 Å². The Morgan fingerprint density at radius 2 is 2.18 bits per heavy atom. The lowest BCUT2D eigenvalue weighted by atomic mass is 10.2. The third kappa shape index (κ3) is 2.22. The van der Waals surface area contributed by atoms with Gasteiger partial charge in [-0.2, -0.15) is 0 Å². The van der Waals surface area contributed by atoms with E-state index in [2.05, 4.69) is 10.3 Å². The van der Waals surface area contributed by atoms with Crippen molar-refractivity contribution in [2.24, 2.45) is 0 Å². The van der Waals surface area contributed by atoms with E-state index in [1.54, 1.807) is 22.9 Å². The lowest BCUT2D eigenvalue weighted by Crippen LogP contribution is -2.08. The molecule has 0 aliphatic heterocycles. The Balaban J connectivity index is 2.33. The maximum Gasteiger partial charge on any atom is 0.172 e. The third-order valence-corrected chi connectivity index (χ3v) is 2.59. The zero-order chi connectivity index (χ0) is 12.3. The van der Waals surface area contributed by atoms with Gasteiger partial charge in [-0.05, 0) is 12.5 Å². The molecule has 2 rings (SSSR count). The summed E-state index contributed by atoms with van der Waals surface area (Å²) >= 11 is 0. The summed E-state index contributed by atoms with van der Waals surface area (Å²) in [6.45, 7) is 2.19. The van der Waals surface area contributed by atoms with Crippen LogP contribution in [0.3, 0.4) is 0 Å². The minimum absolute atomic E-state index is 0.280. The van der Waals surface area contributed by atoms with E-state index in [0.29, 0.717) is 24.0 Å². The van der Waals surface area contributed by atoms with Gasteiger partial charge in [-0.25, -0.2) is 9.07 Å². The Morgan fingerprint density at radius 3 is 2.82 bits per heavy atom. The van der Waals surface area contributed by atoms with E-state index in [0.717, 1.165) is 5.69 Å². The predicted octanol–water partition coefficient (Wildman–Crippen LogP) is 1.84. The van der Waals surface area contributed by atoms with E-state index in [1.807, 2.05) is 6.92 Å². The van der Waals surface area contributed by atoms with Crippen LogP contribution in [0.4, 0.5) is 4.39 Å². The average Bonchev–Trinajstić information content (AvgIpc) is 2.74. The van der Waals surface area contributed by atoms with Crippen LogP contribution < -0.4 is 0 Å². The second kappa shape index (κ2) is 4.86. The molecule has 0 aliphatic carbocycles. The first-order valence-electron chi connectivity index (χ1n) is 5.37. The van der Waals surface area contributed by atoms with Gasteiger partial charge in [0.25, 0.3) is 0 Å². The molecule has 2 aromatic rings. The highest BCUT2D eigenvalue weighted by Gasteiger charge is 2.11. The molecular formula is C12H12FN3O. The van der Waals surface area contributed by atoms with Crippen molar-refractivity contribution in [3.05, 3.63) is 47.0 Å². The summed E-state index contributed by atoms with van der Waals surface area (Å²) in [5, 5.41) is 7.62. The minimum Gasteiger partial charge on any atom is -0.296 e. The summed E-state index contributed by atoms with van der Waals surface area (Å²) in [6, 6.07) is 6.49. The lowest BCUT2D eigenvalue weighted by Gasteiger charge is -2.05. The number of hydrogen-bond acceptors (Lipinski definition) is 3. The van der Waals surface area contributed by atoms with Crippen molar-refractivity contribution in [1.82, 2.24) is 15.0 Å². The second-order valence-electron chi connectivity index (χ2n) is 3.64. The van der Waals surface area contributed by atoms with E-state index in [1.165, 1.54) is 6.07 Å². The zero-order valence-electron chi connectivity index (χ0n) is 9.43. The number of aromatic nitrogens is 3. The molecule has 0 aliphatic rings. The summed E-state index contributed by atoms with van der Waals surface area (Å²) in [5.74, 6) is -0.280. The van der Waals surface area contributed by atoms with Crippen LogP contribution in [0.5, 0.6) is 0 Å². The fourth-order valence-electron chi connectivity index (χ4n) is 1.72. The number of aldehydes is 1. The molecular weight excluding hydrogens is 221 g/mol. The van der Waals surface area contributed by atoms with Gasteiger partial charge >= 0.3 is 0 Å². The molecule has 4 nitrogen and oxygen atoms in total. The van der Waals surface area contributed by atoms with Gasteiger partial charge in [0.05, 0.1) is 12.2 Å². The Morgan fingerprint density at radius 1 is 1.41 bits per heavy atom. The number of carbonyl (C=O) groups excluding carboxylic acids is 1. The van der Waals surface area contributed by atoms with Gasteiger partial charge in [-0.15, -0.1) is 5.10 Å². The molecule has 0 N–H and O–H groups in total. The average molecular weight is 233 g/mol. The molecule has 0 saturated carbocycles. The Bertz CT molecular complexity index is 536. The molecule has 0 amide bonds. The van der Waals surface area contributed by atoms with Crippen molar-refractivity contribution in [3.63, 3.8) is 0 Å². The van der Waals surface area contributed by atoms with Crippen LogP contribution in [0.25, 0.3) is 0 Å². The summed E-state index contributed by atoms with van der Waals surface area (Å²) < 4.78 is 15.0. The normalized spacial score (nSPS) is 10.5. The molecule has 0 saturated heterocycles. The molecule has 1 aromatic carbocycles. The lowest BCUT2D eigenvalue weighted by molar-refractivity contribution is 0.111. The topological polar surface area (TPSA) is 47.8 Å². The SMILES string of the molecule is CCc1c(C=O)nnn1Cc1ccccc1F. The quantitative estimate of drug-likeness (QED) is 0.757. The zero-order valence-corrected chi connectivity index (χ0v) is 9.43. The second-order valence-corrected chi connectivity index (χ2v) is 3.64. The number of benzene rings is 1. The van der Waals surface area contributed by atoms with E-state index >= 15 is 0 Å². The number of hydrogen-bond donors (Lipinski definition) is 0. The predicted molar refractivity (Wildman–Crippen MR) is 60.3 cm³/mol. The Kier molecular flexibility index (Phi) is 3.27. The van der Waals surface area contributed by atoms with Gasteiger partial charge in [0, 0.05) is 5.56 Å². The van der Waals surface area contributed by atoms with Crippen molar-refractivity contribution in [3.8, 4) is 0 Å². The summed E-state index contributed by atoms with van der Waals surface area (Å²) in [5.41, 5.74) is 1.58. The third-order valence-electron chi connectivity index (χ3n) is 2.59. The number of halogens is 1. The van der Waals surface area contributed by atoms with Crippen molar-refractivity contribution in [1.29, 1.82) is 0 Å². The van der Waals surface area contributed by atoms with Crippen molar-refractivity contribution in [2.45, 2.75) is 19.9 Å². The highest BCUT2D eigenvalue weighted by Crippen LogP contribution is 2.11. The smallest absolute Gasteiger partial charge is 0.172 e. The monoisotopic (exact) mass is 233 g/mol. The first kappa shape index (κ1) is 11.4. The molecule has 1 heterocycles. The molecule has 0 bridgehead atoms. The highest BCUT2D eigenvalue weighted by atomic mass is 19.1. The van der Waals surface area contributed by atoms with Gasteiger partial charge in [-0.1, -0.05) is 30.3 Å². The van der Waals surface area contributed by atoms with Gasteiger partial charge < -0.3 is 0 Å². The maximum atomic E-state index is 13.5. The molecule has 0 radical (unpaired) electrons. The first-order valence-corrected chi connectivity index (χ1v) is 5.37. The highest BCUT2D eigenvalue weighted by molar-refractivity contribution is 5.73. The van der Waals surface area contributed by atoms with Crippen LogP contribution >= 0.6 is 0 Å². The van der Waals surface area contributed by atoms with Gasteiger partial charge in [-0.3, -0.25) is 4.79 Å². The van der Waals surface area contributed by atoms with Crippen LogP contribution in [-0.4, -0.2) is 21.3 Å². The van der Waals surface area contributed by atoms with E-state index in [-0.39, 0.29) is 12.4 Å². The fraction of sp³-hybridized carbons (Fsp3) is 0.250. The standard InChI is InChI=1S/C12H12FN3O/c1-2-12-11(8-17)14-15-16(12)7-9-5-3-4-6-10(9)13/h3-6,8H,2,7H2,1H3. The Labute approximate surface area is 98.1 Å². The molecule has 0 unspecified atom stereocenters. The largest absolute Gasteiger partial charge is 0.296 e. The maximum absolute atomic E-state index is 13.5. The summed E-state index contributed by atoms with van der Waals surface area (Å²) in [4.78, 5) is 10.7. The summed E-state index contributed by atoms with van der Waals surface area (Å²) in [6.07, 6.45) is 1.30. The number of nitrogens with zero attached hydrogens (tertiary/aromatic N) is 3. The van der Waals surface area contributed by atoms with Crippen LogP contribution in [0.2, 0.25) is 0 Å². The van der Waals surface area contributed by atoms with E-state index in [9.17, 15) is 9.18 Å². The number of carbonyl (C=O) groups is 1. The minimum atomic E-state index is -0.280. The van der Waals surface area contributed by atoms with Gasteiger partial charge in [0.1, 0.15) is 11.5 Å². The molecule has 5 heteroatoms. The molecule has 17 heavy (non-hydrogen) atoms. The van der Waals surface area contributed by atoms with Crippen LogP contribution in [-0.2, 0) is 13.0 Å². The van der Waals surface area contributed by atoms with Crippen LogP contribution in [0.15, 0.2) is 24.3 Å².